The van der Waals surface area contributed by atoms with Crippen molar-refractivity contribution >= 4 is 23.4 Å². The topological polar surface area (TPSA) is 70.1 Å². The highest BCUT2D eigenvalue weighted by atomic mass is 15.4. The Morgan fingerprint density at radius 2 is 1.43 bits per heavy atom. The van der Waals surface area contributed by atoms with Gasteiger partial charge < -0.3 is 15.1 Å². The van der Waals surface area contributed by atoms with Crippen LogP contribution in [0.3, 0.4) is 0 Å². The van der Waals surface area contributed by atoms with Gasteiger partial charge in [0, 0.05) is 50.5 Å². The number of nitrogens with one attached hydrogen (secondary N) is 1. The fourth-order valence-corrected chi connectivity index (χ4v) is 3.38. The van der Waals surface area contributed by atoms with E-state index in [-0.39, 0.29) is 0 Å². The summed E-state index contributed by atoms with van der Waals surface area (Å²) >= 11 is 0. The van der Waals surface area contributed by atoms with Crippen molar-refractivity contribution in [2.24, 2.45) is 0 Å². The quantitative estimate of drug-likeness (QED) is 0.732. The van der Waals surface area contributed by atoms with Crippen LogP contribution in [0.2, 0.25) is 0 Å². The van der Waals surface area contributed by atoms with Crippen molar-refractivity contribution in [1.29, 1.82) is 0 Å². The van der Waals surface area contributed by atoms with Crippen molar-refractivity contribution < 1.29 is 0 Å². The molecular formula is C21H25N7. The van der Waals surface area contributed by atoms with Crippen molar-refractivity contribution in [3.05, 3.63) is 60.6 Å². The van der Waals surface area contributed by atoms with E-state index >= 15 is 0 Å². The second-order valence-corrected chi connectivity index (χ2v) is 7.13. The number of piperazine rings is 1. The van der Waals surface area contributed by atoms with E-state index in [0.717, 1.165) is 49.6 Å². The number of aromatic nitrogens is 4. The average Bonchev–Trinajstić information content (AvgIpc) is 2.75. The highest BCUT2D eigenvalue weighted by molar-refractivity contribution is 5.62. The summed E-state index contributed by atoms with van der Waals surface area (Å²) in [6, 6.07) is 12.1. The Bertz CT molecular complexity index is 905. The average molecular weight is 375 g/mol. The van der Waals surface area contributed by atoms with Crippen LogP contribution in [0.25, 0.3) is 0 Å². The lowest BCUT2D eigenvalue weighted by Gasteiger charge is -2.34. The molecule has 0 radical (unpaired) electrons. The van der Waals surface area contributed by atoms with Gasteiger partial charge >= 0.3 is 0 Å². The Labute approximate surface area is 165 Å². The summed E-state index contributed by atoms with van der Waals surface area (Å²) in [7, 11) is 0. The van der Waals surface area contributed by atoms with Gasteiger partial charge in [-0.15, -0.1) is 0 Å². The molecule has 0 atom stereocenters. The molecular weight excluding hydrogens is 350 g/mol. The third kappa shape index (κ3) is 4.03. The summed E-state index contributed by atoms with van der Waals surface area (Å²) < 4.78 is 0. The van der Waals surface area contributed by atoms with E-state index in [1.54, 1.807) is 12.4 Å². The Hall–Kier alpha value is -3.22. The van der Waals surface area contributed by atoms with Crippen LogP contribution >= 0.6 is 0 Å². The van der Waals surface area contributed by atoms with Gasteiger partial charge in [-0.3, -0.25) is 0 Å². The van der Waals surface area contributed by atoms with Gasteiger partial charge in [0.25, 0.3) is 0 Å². The Morgan fingerprint density at radius 3 is 2.14 bits per heavy atom. The molecule has 1 aliphatic heterocycles. The first-order valence-corrected chi connectivity index (χ1v) is 9.66. The van der Waals surface area contributed by atoms with E-state index in [1.807, 2.05) is 24.4 Å². The largest absolute Gasteiger partial charge is 0.340 e. The van der Waals surface area contributed by atoms with Crippen LogP contribution in [0.1, 0.15) is 25.3 Å². The highest BCUT2D eigenvalue weighted by Gasteiger charge is 2.20. The molecule has 0 aliphatic carbocycles. The molecule has 0 bridgehead atoms. The van der Waals surface area contributed by atoms with Crippen LogP contribution < -0.4 is 15.1 Å². The summed E-state index contributed by atoms with van der Waals surface area (Å²) in [5, 5.41) is 3.46. The number of rotatable bonds is 5. The molecule has 0 amide bonds. The standard InChI is InChI=1S/C21H25N7/c1-16(2)17-6-3-4-7-18(17)25-19-8-11-24-21(26-19)28-14-12-27(13-15-28)20-22-9-5-10-23-20/h3-11,16H,12-15H2,1-2H3,(H,24,25,26). The van der Waals surface area contributed by atoms with Crippen molar-refractivity contribution in [2.75, 3.05) is 41.3 Å². The van der Waals surface area contributed by atoms with Gasteiger partial charge in [0.1, 0.15) is 5.82 Å². The van der Waals surface area contributed by atoms with E-state index in [9.17, 15) is 0 Å². The van der Waals surface area contributed by atoms with Gasteiger partial charge in [0.05, 0.1) is 0 Å². The van der Waals surface area contributed by atoms with Gasteiger partial charge in [-0.05, 0) is 29.7 Å². The van der Waals surface area contributed by atoms with Crippen molar-refractivity contribution in [3.8, 4) is 0 Å². The van der Waals surface area contributed by atoms with Crippen molar-refractivity contribution in [3.63, 3.8) is 0 Å². The maximum absolute atomic E-state index is 4.74. The number of nitrogens with zero attached hydrogens (tertiary/aromatic N) is 6. The van der Waals surface area contributed by atoms with E-state index in [4.69, 9.17) is 4.98 Å². The predicted octanol–water partition coefficient (Wildman–Crippen LogP) is 3.46. The summed E-state index contributed by atoms with van der Waals surface area (Å²) in [4.78, 5) is 22.3. The predicted molar refractivity (Wildman–Crippen MR) is 112 cm³/mol. The lowest BCUT2D eigenvalue weighted by atomic mass is 10.0. The zero-order chi connectivity index (χ0) is 19.3. The molecule has 1 N–H and O–H groups in total. The summed E-state index contributed by atoms with van der Waals surface area (Å²) in [6.07, 6.45) is 5.37. The van der Waals surface area contributed by atoms with Gasteiger partial charge in [-0.25, -0.2) is 15.0 Å². The van der Waals surface area contributed by atoms with E-state index in [0.29, 0.717) is 5.92 Å². The first kappa shape index (κ1) is 18.2. The second kappa shape index (κ2) is 8.21. The molecule has 4 rings (SSSR count). The summed E-state index contributed by atoms with van der Waals surface area (Å²) in [5.41, 5.74) is 2.37. The third-order valence-corrected chi connectivity index (χ3v) is 4.89. The number of hydrogen-bond donors (Lipinski definition) is 1. The molecule has 7 nitrogen and oxygen atoms in total. The second-order valence-electron chi connectivity index (χ2n) is 7.13. The van der Waals surface area contributed by atoms with Gasteiger partial charge in [-0.1, -0.05) is 32.0 Å². The molecule has 7 heteroatoms. The van der Waals surface area contributed by atoms with Gasteiger partial charge in [0.15, 0.2) is 0 Å². The van der Waals surface area contributed by atoms with Crippen molar-refractivity contribution in [2.45, 2.75) is 19.8 Å². The lowest BCUT2D eigenvalue weighted by Crippen LogP contribution is -2.47. The van der Waals surface area contributed by atoms with Crippen molar-refractivity contribution in [1.82, 2.24) is 19.9 Å². The summed E-state index contributed by atoms with van der Waals surface area (Å²) in [5.74, 6) is 2.79. The number of para-hydroxylation sites is 1. The fraction of sp³-hybridized carbons (Fsp3) is 0.333. The van der Waals surface area contributed by atoms with Crippen LogP contribution in [0.4, 0.5) is 23.4 Å². The molecule has 0 saturated carbocycles. The highest BCUT2D eigenvalue weighted by Crippen LogP contribution is 2.26. The Balaban J connectivity index is 1.45. The number of anilines is 4. The Kier molecular flexibility index (Phi) is 5.32. The van der Waals surface area contributed by atoms with Gasteiger partial charge in [0.2, 0.25) is 11.9 Å². The molecule has 28 heavy (non-hydrogen) atoms. The van der Waals surface area contributed by atoms with E-state index < -0.39 is 0 Å². The first-order valence-electron chi connectivity index (χ1n) is 9.66. The van der Waals surface area contributed by atoms with Crippen LogP contribution in [0.5, 0.6) is 0 Å². The maximum Gasteiger partial charge on any atom is 0.227 e. The van der Waals surface area contributed by atoms with Crippen LogP contribution in [0, 0.1) is 0 Å². The third-order valence-electron chi connectivity index (χ3n) is 4.89. The molecule has 144 valence electrons. The SMILES string of the molecule is CC(C)c1ccccc1Nc1ccnc(N2CCN(c3ncccn3)CC2)n1. The Morgan fingerprint density at radius 1 is 0.786 bits per heavy atom. The normalized spacial score (nSPS) is 14.4. The molecule has 0 unspecified atom stereocenters. The number of hydrogen-bond acceptors (Lipinski definition) is 7. The van der Waals surface area contributed by atoms with Crippen LogP contribution in [-0.4, -0.2) is 46.1 Å². The van der Waals surface area contributed by atoms with E-state index in [2.05, 4.69) is 62.1 Å². The monoisotopic (exact) mass is 375 g/mol. The first-order chi connectivity index (χ1) is 13.7. The number of benzene rings is 1. The minimum atomic E-state index is 0.443. The molecule has 1 fully saturated rings. The zero-order valence-electron chi connectivity index (χ0n) is 16.3. The smallest absolute Gasteiger partial charge is 0.227 e. The van der Waals surface area contributed by atoms with Crippen LogP contribution in [0.15, 0.2) is 55.0 Å². The zero-order valence-corrected chi connectivity index (χ0v) is 16.3. The molecule has 2 aromatic heterocycles. The summed E-state index contributed by atoms with van der Waals surface area (Å²) in [6.45, 7) is 7.76. The molecule has 1 aromatic carbocycles. The molecule has 1 saturated heterocycles. The fourth-order valence-electron chi connectivity index (χ4n) is 3.38. The molecule has 1 aliphatic rings. The van der Waals surface area contributed by atoms with Gasteiger partial charge in [-0.2, -0.15) is 4.98 Å². The molecule has 3 aromatic rings. The lowest BCUT2D eigenvalue weighted by molar-refractivity contribution is 0.628. The van der Waals surface area contributed by atoms with E-state index in [1.165, 1.54) is 5.56 Å². The minimum absolute atomic E-state index is 0.443. The maximum atomic E-state index is 4.74. The molecule has 3 heterocycles. The molecule has 0 spiro atoms. The van der Waals surface area contributed by atoms with Crippen LogP contribution in [-0.2, 0) is 0 Å². The minimum Gasteiger partial charge on any atom is -0.340 e.